The number of hydrogen-bond acceptors (Lipinski definition) is 5. The van der Waals surface area contributed by atoms with Crippen LogP contribution in [0.4, 0.5) is 0 Å². The zero-order valence-corrected chi connectivity index (χ0v) is 56.9. The van der Waals surface area contributed by atoms with Crippen molar-refractivity contribution in [3.8, 4) is 0 Å². The summed E-state index contributed by atoms with van der Waals surface area (Å²) in [5, 5.41) is 14.1. The first kappa shape index (κ1) is 81.0. The average Bonchev–Trinajstić information content (AvgIpc) is 3.46. The third-order valence-corrected chi connectivity index (χ3v) is 18.2. The van der Waals surface area contributed by atoms with Gasteiger partial charge in [-0.1, -0.05) is 359 Å². The summed E-state index contributed by atoms with van der Waals surface area (Å²) >= 11 is 0. The highest BCUT2D eigenvalue weighted by molar-refractivity contribution is 7.47. The number of hydrogen-bond donors (Lipinski definition) is 3. The van der Waals surface area contributed by atoms with Crippen LogP contribution in [0.3, 0.4) is 0 Å². The number of quaternary nitrogens is 1. The highest BCUT2D eigenvalue weighted by Gasteiger charge is 2.28. The molecule has 3 N–H and O–H groups in total. The van der Waals surface area contributed by atoms with Crippen LogP contribution in [0.25, 0.3) is 0 Å². The zero-order chi connectivity index (χ0) is 59.8. The number of aliphatic hydroxyl groups is 1. The normalized spacial score (nSPS) is 13.7. The maximum atomic E-state index is 13.1. The van der Waals surface area contributed by atoms with Gasteiger partial charge >= 0.3 is 7.82 Å². The number of likely N-dealkylation sites (N-methyl/N-ethyl adjacent to an activating group) is 1. The third-order valence-electron chi connectivity index (χ3n) is 17.2. The molecule has 0 aromatic rings. The Hall–Kier alpha value is -1.02. The van der Waals surface area contributed by atoms with Crippen molar-refractivity contribution < 1.29 is 32.9 Å². The molecule has 0 aliphatic heterocycles. The Morgan fingerprint density at radius 3 is 1.00 bits per heavy atom. The van der Waals surface area contributed by atoms with Gasteiger partial charge in [0.15, 0.2) is 0 Å². The first-order valence-electron chi connectivity index (χ1n) is 36.7. The lowest BCUT2D eigenvalue weighted by atomic mass is 10.0. The largest absolute Gasteiger partial charge is 0.472 e. The lowest BCUT2D eigenvalue weighted by molar-refractivity contribution is -0.870. The van der Waals surface area contributed by atoms with Gasteiger partial charge in [-0.2, -0.15) is 0 Å². The molecule has 8 nitrogen and oxygen atoms in total. The molecule has 0 rings (SSSR count). The fraction of sp³-hybridized carbons (Fsp3) is 0.932. The van der Waals surface area contributed by atoms with E-state index in [-0.39, 0.29) is 19.1 Å². The first-order chi connectivity index (χ1) is 40.0. The van der Waals surface area contributed by atoms with E-state index in [1.807, 2.05) is 21.1 Å². The molecule has 0 aromatic heterocycles. The van der Waals surface area contributed by atoms with Crippen molar-refractivity contribution >= 4 is 13.7 Å². The quantitative estimate of drug-likeness (QED) is 0.0243. The Balaban J connectivity index is 3.92. The molecule has 9 heteroatoms. The van der Waals surface area contributed by atoms with Gasteiger partial charge in [0.25, 0.3) is 0 Å². The van der Waals surface area contributed by atoms with Crippen LogP contribution >= 0.6 is 7.82 Å². The van der Waals surface area contributed by atoms with Crippen molar-refractivity contribution in [2.24, 2.45) is 0 Å². The van der Waals surface area contributed by atoms with Crippen LogP contribution in [0.15, 0.2) is 24.3 Å². The minimum Gasteiger partial charge on any atom is -0.391 e. The number of allylic oxidation sites excluding steroid dienone is 4. The number of carbonyl (C=O) groups is 1. The fourth-order valence-electron chi connectivity index (χ4n) is 11.5. The Morgan fingerprint density at radius 1 is 0.415 bits per heavy atom. The highest BCUT2D eigenvalue weighted by Crippen LogP contribution is 2.43. The monoisotopic (exact) mass is 1180 g/mol. The molecule has 0 spiro atoms. The van der Waals surface area contributed by atoms with E-state index in [1.165, 1.54) is 315 Å². The molecule has 0 aromatic carbocycles. The Kier molecular flexibility index (Phi) is 63.7. The topological polar surface area (TPSA) is 105 Å². The molecule has 3 unspecified atom stereocenters. The third kappa shape index (κ3) is 66.5. The number of amides is 1. The van der Waals surface area contributed by atoms with E-state index in [9.17, 15) is 19.4 Å². The molecule has 3 atom stereocenters. The second-order valence-electron chi connectivity index (χ2n) is 26.7. The Morgan fingerprint density at radius 2 is 0.695 bits per heavy atom. The van der Waals surface area contributed by atoms with Crippen molar-refractivity contribution in [1.29, 1.82) is 0 Å². The van der Waals surface area contributed by atoms with Crippen molar-refractivity contribution in [3.63, 3.8) is 0 Å². The van der Waals surface area contributed by atoms with Gasteiger partial charge in [0.05, 0.1) is 39.9 Å². The molecule has 488 valence electrons. The van der Waals surface area contributed by atoms with Gasteiger partial charge in [0.2, 0.25) is 5.91 Å². The number of nitrogens with one attached hydrogen (secondary N) is 1. The van der Waals surface area contributed by atoms with Gasteiger partial charge < -0.3 is 19.8 Å². The van der Waals surface area contributed by atoms with Crippen LogP contribution in [0.5, 0.6) is 0 Å². The number of aliphatic hydroxyl groups excluding tert-OH is 1. The number of rotatable bonds is 69. The molecule has 0 fully saturated rings. The van der Waals surface area contributed by atoms with Crippen molar-refractivity contribution in [2.45, 2.75) is 398 Å². The zero-order valence-electron chi connectivity index (χ0n) is 56.0. The number of unbranched alkanes of at least 4 members (excludes halogenated alkanes) is 52. The van der Waals surface area contributed by atoms with Crippen molar-refractivity contribution in [3.05, 3.63) is 24.3 Å². The van der Waals surface area contributed by atoms with E-state index in [0.29, 0.717) is 23.9 Å². The molecule has 1 amide bonds. The second-order valence-corrected chi connectivity index (χ2v) is 28.1. The molecule has 0 saturated carbocycles. The van der Waals surface area contributed by atoms with Crippen LogP contribution in [-0.2, 0) is 18.4 Å². The van der Waals surface area contributed by atoms with E-state index < -0.39 is 20.0 Å². The van der Waals surface area contributed by atoms with Crippen LogP contribution in [0, 0.1) is 0 Å². The van der Waals surface area contributed by atoms with Gasteiger partial charge in [-0.25, -0.2) is 4.57 Å². The lowest BCUT2D eigenvalue weighted by Gasteiger charge is -2.26. The van der Waals surface area contributed by atoms with Crippen molar-refractivity contribution in [2.75, 3.05) is 40.9 Å². The van der Waals surface area contributed by atoms with E-state index in [2.05, 4.69) is 43.5 Å². The molecule has 0 radical (unpaired) electrons. The van der Waals surface area contributed by atoms with Gasteiger partial charge in [-0.3, -0.25) is 13.8 Å². The summed E-state index contributed by atoms with van der Waals surface area (Å²) in [6, 6.07) is -0.760. The summed E-state index contributed by atoms with van der Waals surface area (Å²) in [6.07, 6.45) is 84.4. The maximum Gasteiger partial charge on any atom is 0.472 e. The molecular formula is C73H146N2O6P+. The van der Waals surface area contributed by atoms with Gasteiger partial charge in [-0.15, -0.1) is 0 Å². The molecule has 0 heterocycles. The number of carbonyl (C=O) groups excluding carboxylic acids is 1. The van der Waals surface area contributed by atoms with E-state index in [0.717, 1.165) is 44.9 Å². The fourth-order valence-corrected chi connectivity index (χ4v) is 12.2. The van der Waals surface area contributed by atoms with E-state index in [4.69, 9.17) is 9.05 Å². The number of phosphoric ester groups is 1. The Bertz CT molecular complexity index is 1390. The van der Waals surface area contributed by atoms with Gasteiger partial charge in [0.1, 0.15) is 13.2 Å². The summed E-state index contributed by atoms with van der Waals surface area (Å²) in [5.41, 5.74) is 0. The maximum absolute atomic E-state index is 13.1. The highest BCUT2D eigenvalue weighted by atomic mass is 31.2. The molecule has 0 aliphatic rings. The average molecular weight is 1180 g/mol. The van der Waals surface area contributed by atoms with Crippen LogP contribution in [0.2, 0.25) is 0 Å². The van der Waals surface area contributed by atoms with E-state index in [1.54, 1.807) is 0 Å². The molecular weight excluding hydrogens is 1030 g/mol. The van der Waals surface area contributed by atoms with Gasteiger partial charge in [0, 0.05) is 6.42 Å². The second kappa shape index (κ2) is 64.5. The summed E-state index contributed by atoms with van der Waals surface area (Å²) in [4.78, 5) is 23.5. The predicted molar refractivity (Wildman–Crippen MR) is 360 cm³/mol. The predicted octanol–water partition coefficient (Wildman–Crippen LogP) is 23.4. The SMILES string of the molecule is CCCCCCCCCCCCCCCCC/C=C\C/C=C\CCCCCCCCCCCCCCCCCCCC(=O)NC(COP(=O)(O)OCC[N+](C)(C)C)C(O)CCCCCCCCCCCCCCCCCCCCCCC. The molecule has 82 heavy (non-hydrogen) atoms. The summed E-state index contributed by atoms with van der Waals surface area (Å²) in [6.45, 7) is 4.95. The van der Waals surface area contributed by atoms with Crippen LogP contribution < -0.4 is 5.32 Å². The number of nitrogens with zero attached hydrogens (tertiary/aromatic N) is 1. The smallest absolute Gasteiger partial charge is 0.391 e. The number of phosphoric acid groups is 1. The minimum absolute atomic E-state index is 0.0772. The summed E-state index contributed by atoms with van der Waals surface area (Å²) < 4.78 is 23.9. The van der Waals surface area contributed by atoms with Gasteiger partial charge in [-0.05, 0) is 44.9 Å². The minimum atomic E-state index is -4.33. The van der Waals surface area contributed by atoms with Crippen LogP contribution in [-0.4, -0.2) is 73.4 Å². The lowest BCUT2D eigenvalue weighted by Crippen LogP contribution is -2.46. The molecule has 0 bridgehead atoms. The molecule has 0 saturated heterocycles. The molecule has 0 aliphatic carbocycles. The first-order valence-corrected chi connectivity index (χ1v) is 38.2. The van der Waals surface area contributed by atoms with E-state index >= 15 is 0 Å². The van der Waals surface area contributed by atoms with Crippen molar-refractivity contribution in [1.82, 2.24) is 5.32 Å². The standard InChI is InChI=1S/C73H145N2O6P/c1-6-8-10-12-14-16-18-20-22-24-26-28-29-30-31-32-33-34-35-36-37-38-39-40-41-42-43-44-45-47-49-51-53-55-57-59-61-63-65-67-73(77)74-71(70-81-82(78,79)80-69-68-75(3,4)5)72(76)66-64-62-60-58-56-54-52-50-48-46-27-25-23-21-19-17-15-13-11-9-7-2/h33-34,36-37,71-72,76H,6-32,35,38-70H2,1-5H3,(H-,74,77,78,79)/p+1/b34-33-,37-36-. The summed E-state index contributed by atoms with van der Waals surface area (Å²) in [7, 11) is 1.63. The Labute approximate surface area is 513 Å². The van der Waals surface area contributed by atoms with Crippen LogP contribution in [0.1, 0.15) is 386 Å². The summed E-state index contributed by atoms with van der Waals surface area (Å²) in [5.74, 6) is -0.136.